The maximum atomic E-state index is 11.4. The minimum Gasteiger partial charge on any atom is -0.465 e. The molecule has 1 aliphatic heterocycles. The number of hydrogen-bond donors (Lipinski definition) is 0. The predicted molar refractivity (Wildman–Crippen MR) is 78.5 cm³/mol. The second kappa shape index (κ2) is 6.35. The second-order valence-electron chi connectivity index (χ2n) is 6.32. The van der Waals surface area contributed by atoms with E-state index < -0.39 is 0 Å². The van der Waals surface area contributed by atoms with Gasteiger partial charge in [0.05, 0.1) is 18.4 Å². The SMILES string of the molecule is COC(=O)c1ccc(CN2CCCC(C)(C)CC2)nc1. The fourth-order valence-electron chi connectivity index (χ4n) is 2.62. The number of methoxy groups -OCH3 is 1. The summed E-state index contributed by atoms with van der Waals surface area (Å²) in [6, 6.07) is 3.71. The number of carbonyl (C=O) groups excluding carboxylic acids is 1. The van der Waals surface area contributed by atoms with Crippen molar-refractivity contribution in [1.82, 2.24) is 9.88 Å². The van der Waals surface area contributed by atoms with E-state index in [1.54, 1.807) is 12.3 Å². The van der Waals surface area contributed by atoms with Crippen molar-refractivity contribution in [1.29, 1.82) is 0 Å². The molecule has 1 aromatic rings. The Kier molecular flexibility index (Phi) is 4.76. The van der Waals surface area contributed by atoms with Crippen LogP contribution < -0.4 is 0 Å². The summed E-state index contributed by atoms with van der Waals surface area (Å²) in [4.78, 5) is 18.2. The molecule has 0 spiro atoms. The van der Waals surface area contributed by atoms with Crippen LogP contribution >= 0.6 is 0 Å². The van der Waals surface area contributed by atoms with Crippen molar-refractivity contribution in [2.45, 2.75) is 39.7 Å². The van der Waals surface area contributed by atoms with Crippen LogP contribution in [0.4, 0.5) is 0 Å². The van der Waals surface area contributed by atoms with E-state index in [9.17, 15) is 4.79 Å². The first kappa shape index (κ1) is 15.0. The number of pyridine rings is 1. The maximum absolute atomic E-state index is 11.4. The van der Waals surface area contributed by atoms with E-state index in [4.69, 9.17) is 0 Å². The largest absolute Gasteiger partial charge is 0.465 e. The van der Waals surface area contributed by atoms with Crippen LogP contribution in [0.25, 0.3) is 0 Å². The molecule has 0 aliphatic carbocycles. The van der Waals surface area contributed by atoms with Crippen molar-refractivity contribution in [3.05, 3.63) is 29.6 Å². The van der Waals surface area contributed by atoms with Gasteiger partial charge in [-0.15, -0.1) is 0 Å². The minimum atomic E-state index is -0.333. The van der Waals surface area contributed by atoms with Crippen LogP contribution in [0.3, 0.4) is 0 Å². The lowest BCUT2D eigenvalue weighted by molar-refractivity contribution is 0.0600. The van der Waals surface area contributed by atoms with Crippen LogP contribution in [-0.4, -0.2) is 36.1 Å². The fourth-order valence-corrected chi connectivity index (χ4v) is 2.62. The third-order valence-corrected chi connectivity index (χ3v) is 4.06. The molecule has 110 valence electrons. The normalized spacial score (nSPS) is 19.4. The highest BCUT2D eigenvalue weighted by Gasteiger charge is 2.23. The van der Waals surface area contributed by atoms with Gasteiger partial charge in [-0.2, -0.15) is 0 Å². The first-order chi connectivity index (χ1) is 9.50. The Labute approximate surface area is 121 Å². The molecular formula is C16H24N2O2. The molecule has 4 heteroatoms. The summed E-state index contributed by atoms with van der Waals surface area (Å²) < 4.78 is 4.68. The van der Waals surface area contributed by atoms with Gasteiger partial charge in [0, 0.05) is 12.7 Å². The van der Waals surface area contributed by atoms with Crippen molar-refractivity contribution in [3.63, 3.8) is 0 Å². The van der Waals surface area contributed by atoms with Crippen molar-refractivity contribution < 1.29 is 9.53 Å². The van der Waals surface area contributed by atoms with Crippen molar-refractivity contribution >= 4 is 5.97 Å². The molecule has 1 saturated heterocycles. The van der Waals surface area contributed by atoms with Crippen LogP contribution in [-0.2, 0) is 11.3 Å². The summed E-state index contributed by atoms with van der Waals surface area (Å²) in [5.74, 6) is -0.333. The Morgan fingerprint density at radius 1 is 1.35 bits per heavy atom. The van der Waals surface area contributed by atoms with Gasteiger partial charge in [0.2, 0.25) is 0 Å². The summed E-state index contributed by atoms with van der Waals surface area (Å²) in [6.07, 6.45) is 5.36. The van der Waals surface area contributed by atoms with Crippen LogP contribution in [0.15, 0.2) is 18.3 Å². The summed E-state index contributed by atoms with van der Waals surface area (Å²) in [5.41, 5.74) is 1.97. The third kappa shape index (κ3) is 4.04. The molecular weight excluding hydrogens is 252 g/mol. The molecule has 1 fully saturated rings. The van der Waals surface area contributed by atoms with E-state index in [2.05, 4.69) is 28.5 Å². The van der Waals surface area contributed by atoms with Crippen molar-refractivity contribution in [3.8, 4) is 0 Å². The van der Waals surface area contributed by atoms with Crippen molar-refractivity contribution in [2.24, 2.45) is 5.41 Å². The second-order valence-corrected chi connectivity index (χ2v) is 6.32. The van der Waals surface area contributed by atoms with E-state index in [1.807, 2.05) is 6.07 Å². The molecule has 0 aromatic carbocycles. The molecule has 0 radical (unpaired) electrons. The minimum absolute atomic E-state index is 0.333. The molecule has 0 atom stereocenters. The van der Waals surface area contributed by atoms with Crippen LogP contribution in [0.5, 0.6) is 0 Å². The van der Waals surface area contributed by atoms with Gasteiger partial charge in [-0.25, -0.2) is 4.79 Å². The van der Waals surface area contributed by atoms with Gasteiger partial charge in [0.1, 0.15) is 0 Å². The van der Waals surface area contributed by atoms with Gasteiger partial charge in [0.25, 0.3) is 0 Å². The van der Waals surface area contributed by atoms with E-state index >= 15 is 0 Å². The lowest BCUT2D eigenvalue weighted by atomic mass is 9.85. The van der Waals surface area contributed by atoms with Gasteiger partial charge in [-0.05, 0) is 49.9 Å². The highest BCUT2D eigenvalue weighted by Crippen LogP contribution is 2.30. The monoisotopic (exact) mass is 276 g/mol. The van der Waals surface area contributed by atoms with Gasteiger partial charge in [-0.3, -0.25) is 9.88 Å². The van der Waals surface area contributed by atoms with Crippen molar-refractivity contribution in [2.75, 3.05) is 20.2 Å². The van der Waals surface area contributed by atoms with Gasteiger partial charge >= 0.3 is 5.97 Å². The van der Waals surface area contributed by atoms with Gasteiger partial charge in [-0.1, -0.05) is 13.8 Å². The Hall–Kier alpha value is -1.42. The lowest BCUT2D eigenvalue weighted by Gasteiger charge is -2.23. The molecule has 1 aliphatic rings. The zero-order valence-corrected chi connectivity index (χ0v) is 12.7. The third-order valence-electron chi connectivity index (χ3n) is 4.06. The quantitative estimate of drug-likeness (QED) is 0.796. The van der Waals surface area contributed by atoms with Crippen LogP contribution in [0, 0.1) is 5.41 Å². The summed E-state index contributed by atoms with van der Waals surface area (Å²) in [5, 5.41) is 0. The maximum Gasteiger partial charge on any atom is 0.339 e. The number of nitrogens with zero attached hydrogens (tertiary/aromatic N) is 2. The number of rotatable bonds is 3. The van der Waals surface area contributed by atoms with E-state index in [-0.39, 0.29) is 5.97 Å². The smallest absolute Gasteiger partial charge is 0.339 e. The topological polar surface area (TPSA) is 42.4 Å². The molecule has 0 bridgehead atoms. The molecule has 1 aromatic heterocycles. The zero-order chi connectivity index (χ0) is 14.6. The number of likely N-dealkylation sites (tertiary alicyclic amines) is 1. The number of aromatic nitrogens is 1. The molecule has 2 heterocycles. The molecule has 0 unspecified atom stereocenters. The predicted octanol–water partition coefficient (Wildman–Crippen LogP) is 2.88. The van der Waals surface area contributed by atoms with E-state index in [1.165, 1.54) is 26.4 Å². The summed E-state index contributed by atoms with van der Waals surface area (Å²) in [6.45, 7) is 7.80. The van der Waals surface area contributed by atoms with Crippen LogP contribution in [0.1, 0.15) is 49.2 Å². The molecule has 2 rings (SSSR count). The first-order valence-corrected chi connectivity index (χ1v) is 7.26. The number of hydrogen-bond acceptors (Lipinski definition) is 4. The molecule has 0 amide bonds. The number of ether oxygens (including phenoxy) is 1. The van der Waals surface area contributed by atoms with Gasteiger partial charge in [0.15, 0.2) is 0 Å². The van der Waals surface area contributed by atoms with E-state index in [0.717, 1.165) is 25.3 Å². The van der Waals surface area contributed by atoms with Crippen LogP contribution in [0.2, 0.25) is 0 Å². The van der Waals surface area contributed by atoms with Gasteiger partial charge < -0.3 is 4.74 Å². The molecule has 20 heavy (non-hydrogen) atoms. The number of esters is 1. The Morgan fingerprint density at radius 2 is 2.15 bits per heavy atom. The first-order valence-electron chi connectivity index (χ1n) is 7.26. The molecule has 0 N–H and O–H groups in total. The average molecular weight is 276 g/mol. The standard InChI is InChI=1S/C16H24N2O2/c1-16(2)7-4-9-18(10-8-16)12-14-6-5-13(11-17-14)15(19)20-3/h5-6,11H,4,7-10,12H2,1-3H3. The molecule has 0 saturated carbocycles. The molecule has 4 nitrogen and oxygen atoms in total. The highest BCUT2D eigenvalue weighted by molar-refractivity contribution is 5.88. The lowest BCUT2D eigenvalue weighted by Crippen LogP contribution is -2.25. The Morgan fingerprint density at radius 3 is 2.80 bits per heavy atom. The highest BCUT2D eigenvalue weighted by atomic mass is 16.5. The Bertz CT molecular complexity index is 454. The summed E-state index contributed by atoms with van der Waals surface area (Å²) >= 11 is 0. The average Bonchev–Trinajstić information content (AvgIpc) is 2.60. The number of carbonyl (C=O) groups is 1. The Balaban J connectivity index is 1.94. The summed E-state index contributed by atoms with van der Waals surface area (Å²) in [7, 11) is 1.38. The zero-order valence-electron chi connectivity index (χ0n) is 12.7. The fraction of sp³-hybridized carbons (Fsp3) is 0.625. The van der Waals surface area contributed by atoms with E-state index in [0.29, 0.717) is 11.0 Å².